The van der Waals surface area contributed by atoms with Gasteiger partial charge in [0.25, 0.3) is 0 Å². The Morgan fingerprint density at radius 2 is 1.07 bits per heavy atom. The average molecular weight is 739 g/mol. The monoisotopic (exact) mass is 736 g/mol. The number of hydrogen-bond donors (Lipinski definition) is 4. The molecule has 8 nitrogen and oxygen atoms in total. The number of carboxylic acids is 2. The minimum atomic E-state index is -0.641. The minimum absolute atomic E-state index is 0.138. The molecule has 2 aromatic carbocycles. The van der Waals surface area contributed by atoms with Crippen LogP contribution in [0.15, 0.2) is 45.3 Å². The molecule has 0 atom stereocenters. The predicted molar refractivity (Wildman–Crippen MR) is 178 cm³/mol. The topological polar surface area (TPSA) is 124 Å². The lowest BCUT2D eigenvalue weighted by atomic mass is 9.82. The van der Waals surface area contributed by atoms with E-state index in [1.807, 2.05) is 24.3 Å². The zero-order chi connectivity index (χ0) is 29.6. The number of benzene rings is 2. The second-order valence-corrected chi connectivity index (χ2v) is 15.0. The van der Waals surface area contributed by atoms with Crippen LogP contribution in [0.2, 0.25) is 0 Å². The fourth-order valence-electron chi connectivity index (χ4n) is 5.64. The maximum atomic E-state index is 10.9. The number of nitrogens with zero attached hydrogens (tertiary/aromatic N) is 2. The number of hydrogen-bond acceptors (Lipinski definition) is 8. The van der Waals surface area contributed by atoms with Crippen LogP contribution in [0.3, 0.4) is 0 Å². The van der Waals surface area contributed by atoms with Crippen molar-refractivity contribution in [1.82, 2.24) is 9.97 Å². The van der Waals surface area contributed by atoms with Gasteiger partial charge in [-0.05, 0) is 99.6 Å². The van der Waals surface area contributed by atoms with Crippen molar-refractivity contribution in [2.24, 2.45) is 23.7 Å². The van der Waals surface area contributed by atoms with Crippen LogP contribution in [-0.4, -0.2) is 45.2 Å². The predicted octanol–water partition coefficient (Wildman–Crippen LogP) is 8.72. The molecule has 12 heteroatoms. The van der Waals surface area contributed by atoms with Crippen LogP contribution >= 0.6 is 54.5 Å². The molecular weight excluding hydrogens is 704 g/mol. The minimum Gasteiger partial charge on any atom is -0.481 e. The van der Waals surface area contributed by atoms with Crippen LogP contribution < -0.4 is 10.6 Å². The molecule has 42 heavy (non-hydrogen) atoms. The summed E-state index contributed by atoms with van der Waals surface area (Å²) in [6, 6.07) is 12.2. The van der Waals surface area contributed by atoms with E-state index in [4.69, 9.17) is 10.2 Å². The molecule has 2 aliphatic rings. The number of anilines is 2. The molecule has 0 unspecified atom stereocenters. The lowest BCUT2D eigenvalue weighted by Crippen LogP contribution is -2.25. The molecule has 0 bridgehead atoms. The van der Waals surface area contributed by atoms with Crippen molar-refractivity contribution >= 4 is 97.2 Å². The summed E-state index contributed by atoms with van der Waals surface area (Å²) in [6.45, 7) is 1.76. The van der Waals surface area contributed by atoms with Crippen molar-refractivity contribution in [2.45, 2.75) is 51.4 Å². The highest BCUT2D eigenvalue weighted by atomic mass is 79.9. The molecule has 2 saturated carbocycles. The van der Waals surface area contributed by atoms with Gasteiger partial charge in [-0.2, -0.15) is 0 Å². The molecule has 0 radical (unpaired) electrons. The first-order valence-electron chi connectivity index (χ1n) is 14.3. The summed E-state index contributed by atoms with van der Waals surface area (Å²) in [5, 5.41) is 26.7. The Bertz CT molecular complexity index is 1410. The van der Waals surface area contributed by atoms with Crippen LogP contribution in [0.25, 0.3) is 20.4 Å². The molecule has 2 fully saturated rings. The van der Waals surface area contributed by atoms with Gasteiger partial charge in [-0.15, -0.1) is 0 Å². The van der Waals surface area contributed by atoms with Gasteiger partial charge in [-0.1, -0.05) is 54.5 Å². The molecule has 6 rings (SSSR count). The number of halogens is 2. The van der Waals surface area contributed by atoms with Crippen molar-refractivity contribution in [3.05, 3.63) is 45.3 Å². The number of carboxylic acid groups (broad SMARTS) is 2. The van der Waals surface area contributed by atoms with Gasteiger partial charge in [0.2, 0.25) is 0 Å². The quantitative estimate of drug-likeness (QED) is 0.142. The largest absolute Gasteiger partial charge is 0.481 e. The number of nitrogens with one attached hydrogen (secondary N) is 2. The van der Waals surface area contributed by atoms with Crippen molar-refractivity contribution in [3.63, 3.8) is 0 Å². The highest BCUT2D eigenvalue weighted by molar-refractivity contribution is 9.10. The first kappa shape index (κ1) is 31.2. The number of thiazole rings is 2. The highest BCUT2D eigenvalue weighted by Crippen LogP contribution is 2.33. The molecule has 0 amide bonds. The van der Waals surface area contributed by atoms with Crippen LogP contribution in [0, 0.1) is 23.7 Å². The van der Waals surface area contributed by atoms with E-state index in [2.05, 4.69) is 64.6 Å². The standard InChI is InChI=1S/2C15H17BrN2O2S/c2*16-11-5-6-12-13(7-11)21-15(18-12)17-8-9-1-3-10(4-2-9)14(19)20/h2*5-7,9-10H,1-4,8H2,(H,17,18)(H,19,20). The molecule has 224 valence electrons. The Labute approximate surface area is 269 Å². The Hall–Kier alpha value is -2.28. The normalized spacial score (nSPS) is 22.3. The Kier molecular flexibility index (Phi) is 10.7. The van der Waals surface area contributed by atoms with Gasteiger partial charge in [0.05, 0.1) is 32.3 Å². The molecular formula is C30H34Br2N4O4S2. The molecule has 0 saturated heterocycles. The summed E-state index contributed by atoms with van der Waals surface area (Å²) in [4.78, 5) is 31.0. The van der Waals surface area contributed by atoms with E-state index in [0.29, 0.717) is 11.8 Å². The first-order valence-corrected chi connectivity index (χ1v) is 17.5. The molecule has 0 spiro atoms. The van der Waals surface area contributed by atoms with E-state index >= 15 is 0 Å². The van der Waals surface area contributed by atoms with Gasteiger partial charge in [-0.3, -0.25) is 9.59 Å². The molecule has 4 aromatic rings. The highest BCUT2D eigenvalue weighted by Gasteiger charge is 2.27. The lowest BCUT2D eigenvalue weighted by molar-refractivity contribution is -0.144. The van der Waals surface area contributed by atoms with Gasteiger partial charge in [0.1, 0.15) is 0 Å². The Morgan fingerprint density at radius 1 is 0.690 bits per heavy atom. The van der Waals surface area contributed by atoms with E-state index in [9.17, 15) is 9.59 Å². The fourth-order valence-corrected chi connectivity index (χ4v) is 8.49. The first-order chi connectivity index (χ1) is 20.2. The smallest absolute Gasteiger partial charge is 0.306 e. The van der Waals surface area contributed by atoms with Gasteiger partial charge in [-0.25, -0.2) is 9.97 Å². The van der Waals surface area contributed by atoms with Crippen molar-refractivity contribution in [1.29, 1.82) is 0 Å². The van der Waals surface area contributed by atoms with Crippen LogP contribution in [0.1, 0.15) is 51.4 Å². The third kappa shape index (κ3) is 8.42. The van der Waals surface area contributed by atoms with Gasteiger partial charge in [0, 0.05) is 22.0 Å². The third-order valence-electron chi connectivity index (χ3n) is 8.18. The number of fused-ring (bicyclic) bond motifs is 2. The summed E-state index contributed by atoms with van der Waals surface area (Å²) in [5.74, 6) is -0.447. The molecule has 0 aliphatic heterocycles. The number of aliphatic carboxylic acids is 2. The summed E-state index contributed by atoms with van der Waals surface area (Å²) in [7, 11) is 0. The fraction of sp³-hybridized carbons (Fsp3) is 0.467. The number of rotatable bonds is 8. The Morgan fingerprint density at radius 3 is 1.43 bits per heavy atom. The molecule has 2 aromatic heterocycles. The SMILES string of the molecule is O=C(O)C1CCC(CNc2nc3ccc(Br)cc3s2)CC1.O=C(O)C1CCC(CNc2nc3ccc(Br)cc3s2)CC1. The van der Waals surface area contributed by atoms with Crippen molar-refractivity contribution in [2.75, 3.05) is 23.7 Å². The maximum Gasteiger partial charge on any atom is 0.306 e. The summed E-state index contributed by atoms with van der Waals surface area (Å²) >= 11 is 10.3. The van der Waals surface area contributed by atoms with Crippen molar-refractivity contribution < 1.29 is 19.8 Å². The average Bonchev–Trinajstić information content (AvgIpc) is 3.58. The lowest BCUT2D eigenvalue weighted by Gasteiger charge is -2.25. The van der Waals surface area contributed by atoms with Crippen LogP contribution in [-0.2, 0) is 9.59 Å². The van der Waals surface area contributed by atoms with E-state index in [-0.39, 0.29) is 11.8 Å². The van der Waals surface area contributed by atoms with E-state index < -0.39 is 11.9 Å². The second-order valence-electron chi connectivity index (χ2n) is 11.1. The summed E-state index contributed by atoms with van der Waals surface area (Å²) < 4.78 is 4.47. The van der Waals surface area contributed by atoms with Crippen LogP contribution in [0.5, 0.6) is 0 Å². The Balaban J connectivity index is 0.000000168. The zero-order valence-electron chi connectivity index (χ0n) is 23.0. The molecule has 4 N–H and O–H groups in total. The number of carbonyl (C=O) groups is 2. The third-order valence-corrected chi connectivity index (χ3v) is 11.1. The zero-order valence-corrected chi connectivity index (χ0v) is 27.8. The van der Waals surface area contributed by atoms with E-state index in [0.717, 1.165) is 94.7 Å². The number of aromatic nitrogens is 2. The van der Waals surface area contributed by atoms with Crippen LogP contribution in [0.4, 0.5) is 10.3 Å². The van der Waals surface area contributed by atoms with E-state index in [1.165, 1.54) is 9.40 Å². The van der Waals surface area contributed by atoms with Crippen molar-refractivity contribution in [3.8, 4) is 0 Å². The molecule has 2 aliphatic carbocycles. The molecule has 2 heterocycles. The summed E-state index contributed by atoms with van der Waals surface area (Å²) in [5.41, 5.74) is 2.03. The maximum absolute atomic E-state index is 10.9. The second kappa shape index (κ2) is 14.5. The van der Waals surface area contributed by atoms with Gasteiger partial charge < -0.3 is 20.8 Å². The summed E-state index contributed by atoms with van der Waals surface area (Å²) in [6.07, 6.45) is 7.15. The van der Waals surface area contributed by atoms with Gasteiger partial charge in [0.15, 0.2) is 10.3 Å². The van der Waals surface area contributed by atoms with E-state index in [1.54, 1.807) is 22.7 Å². The van der Waals surface area contributed by atoms with Gasteiger partial charge >= 0.3 is 11.9 Å².